The van der Waals surface area contributed by atoms with Gasteiger partial charge in [-0.1, -0.05) is 31.9 Å². The van der Waals surface area contributed by atoms with Crippen LogP contribution in [-0.4, -0.2) is 48.3 Å². The lowest BCUT2D eigenvalue weighted by Crippen LogP contribution is -2.34. The van der Waals surface area contributed by atoms with E-state index in [9.17, 15) is 0 Å². The number of hydrogen-bond donors (Lipinski definition) is 0. The van der Waals surface area contributed by atoms with Gasteiger partial charge in [0.25, 0.3) is 0 Å². The monoisotopic (exact) mass is 398 g/mol. The fourth-order valence-corrected chi connectivity index (χ4v) is 3.82. The first-order chi connectivity index (χ1) is 9.27. The summed E-state index contributed by atoms with van der Waals surface area (Å²) in [7, 11) is 0. The smallest absolute Gasteiger partial charge is 0.0722 e. The fraction of sp³-hybridized carbons (Fsp3) is 1.00. The number of alkyl halides is 2. The highest BCUT2D eigenvalue weighted by atomic mass is 79.9. The zero-order valence-electron chi connectivity index (χ0n) is 11.4. The number of hydrogen-bond acceptors (Lipinski definition) is 3. The Morgan fingerprint density at radius 1 is 0.842 bits per heavy atom. The lowest BCUT2D eigenvalue weighted by molar-refractivity contribution is -0.0162. The molecular formula is C14H24Br2O3. The van der Waals surface area contributed by atoms with Crippen molar-refractivity contribution in [3.8, 4) is 0 Å². The minimum Gasteiger partial charge on any atom is -0.379 e. The lowest BCUT2D eigenvalue weighted by atomic mass is 10.1. The molecule has 0 amide bonds. The summed E-state index contributed by atoms with van der Waals surface area (Å²) in [5.41, 5.74) is 0. The molecule has 4 atom stereocenters. The average Bonchev–Trinajstić information content (AvgIpc) is 2.49. The maximum absolute atomic E-state index is 5.81. The minimum absolute atomic E-state index is 0.305. The Morgan fingerprint density at radius 3 is 1.68 bits per heavy atom. The largest absolute Gasteiger partial charge is 0.379 e. The zero-order valence-corrected chi connectivity index (χ0v) is 14.5. The molecule has 0 aromatic carbocycles. The molecule has 2 aliphatic rings. The van der Waals surface area contributed by atoms with Crippen LogP contribution < -0.4 is 0 Å². The maximum atomic E-state index is 5.81. The first-order valence-corrected chi connectivity index (χ1v) is 9.19. The third kappa shape index (κ3) is 5.62. The van der Waals surface area contributed by atoms with Gasteiger partial charge >= 0.3 is 0 Å². The molecule has 3 nitrogen and oxygen atoms in total. The molecular weight excluding hydrogens is 376 g/mol. The Hall–Kier alpha value is 0.840. The Morgan fingerprint density at radius 2 is 1.32 bits per heavy atom. The molecule has 4 unspecified atom stereocenters. The Kier molecular flexibility index (Phi) is 7.66. The van der Waals surface area contributed by atoms with E-state index in [1.807, 2.05) is 0 Å². The molecule has 0 bridgehead atoms. The molecule has 0 aliphatic carbocycles. The number of halogens is 2. The van der Waals surface area contributed by atoms with Gasteiger partial charge in [0.15, 0.2) is 0 Å². The van der Waals surface area contributed by atoms with Gasteiger partial charge in [-0.25, -0.2) is 0 Å². The second kappa shape index (κ2) is 8.98. The second-order valence-electron chi connectivity index (χ2n) is 5.38. The van der Waals surface area contributed by atoms with Gasteiger partial charge in [-0.3, -0.25) is 0 Å². The van der Waals surface area contributed by atoms with Crippen LogP contribution in [0.2, 0.25) is 0 Å². The molecule has 19 heavy (non-hydrogen) atoms. The average molecular weight is 400 g/mol. The van der Waals surface area contributed by atoms with Crippen molar-refractivity contribution in [3.05, 3.63) is 0 Å². The predicted octanol–water partition coefficient (Wildman–Crippen LogP) is 3.67. The highest BCUT2D eigenvalue weighted by molar-refractivity contribution is 9.09. The summed E-state index contributed by atoms with van der Waals surface area (Å²) >= 11 is 7.38. The van der Waals surface area contributed by atoms with Crippen LogP contribution in [0.15, 0.2) is 0 Å². The van der Waals surface area contributed by atoms with Gasteiger partial charge in [0.2, 0.25) is 0 Å². The molecule has 0 N–H and O–H groups in total. The van der Waals surface area contributed by atoms with Crippen LogP contribution in [-0.2, 0) is 14.2 Å². The molecule has 0 saturated carbocycles. The van der Waals surface area contributed by atoms with Gasteiger partial charge in [0, 0.05) is 13.2 Å². The summed E-state index contributed by atoms with van der Waals surface area (Å²) < 4.78 is 17.3. The van der Waals surface area contributed by atoms with E-state index >= 15 is 0 Å². The van der Waals surface area contributed by atoms with Crippen LogP contribution in [0.1, 0.15) is 38.5 Å². The van der Waals surface area contributed by atoms with Crippen molar-refractivity contribution < 1.29 is 14.2 Å². The van der Waals surface area contributed by atoms with Gasteiger partial charge in [0.1, 0.15) is 0 Å². The molecule has 0 aromatic heterocycles. The first kappa shape index (κ1) is 16.2. The van der Waals surface area contributed by atoms with Gasteiger partial charge < -0.3 is 14.2 Å². The summed E-state index contributed by atoms with van der Waals surface area (Å²) in [5, 5.41) is 0. The molecule has 0 spiro atoms. The topological polar surface area (TPSA) is 27.7 Å². The lowest BCUT2D eigenvalue weighted by Gasteiger charge is -2.29. The van der Waals surface area contributed by atoms with Crippen molar-refractivity contribution >= 4 is 31.9 Å². The van der Waals surface area contributed by atoms with E-state index in [1.54, 1.807) is 0 Å². The Balaban J connectivity index is 1.59. The molecule has 0 radical (unpaired) electrons. The molecule has 5 heteroatoms. The summed E-state index contributed by atoms with van der Waals surface area (Å²) in [6.07, 6.45) is 7.83. The highest BCUT2D eigenvalue weighted by Crippen LogP contribution is 2.23. The fourth-order valence-electron chi connectivity index (χ4n) is 2.61. The number of rotatable bonds is 6. The molecule has 2 fully saturated rings. The molecule has 2 heterocycles. The number of ether oxygens (including phenoxy) is 3. The molecule has 112 valence electrons. The normalized spacial score (nSPS) is 31.9. The van der Waals surface area contributed by atoms with Crippen LogP contribution in [0.4, 0.5) is 0 Å². The van der Waals surface area contributed by atoms with Crippen molar-refractivity contribution in [1.29, 1.82) is 0 Å². The molecule has 0 aromatic rings. The maximum Gasteiger partial charge on any atom is 0.0722 e. The van der Waals surface area contributed by atoms with E-state index in [1.165, 1.54) is 25.7 Å². The predicted molar refractivity (Wildman–Crippen MR) is 83.4 cm³/mol. The van der Waals surface area contributed by atoms with Gasteiger partial charge in [0.05, 0.1) is 35.1 Å². The Bertz CT molecular complexity index is 217. The van der Waals surface area contributed by atoms with E-state index in [2.05, 4.69) is 31.9 Å². The van der Waals surface area contributed by atoms with Crippen molar-refractivity contribution in [2.24, 2.45) is 0 Å². The quantitative estimate of drug-likeness (QED) is 0.637. The zero-order chi connectivity index (χ0) is 13.5. The summed E-state index contributed by atoms with van der Waals surface area (Å²) in [6, 6.07) is 0. The van der Waals surface area contributed by atoms with Crippen LogP contribution in [0.5, 0.6) is 0 Å². The SMILES string of the molecule is BrC(COCC(Br)C1CCCCO1)C1CCCCO1. The van der Waals surface area contributed by atoms with Gasteiger partial charge in [-0.2, -0.15) is 0 Å². The van der Waals surface area contributed by atoms with Crippen molar-refractivity contribution in [2.45, 2.75) is 60.4 Å². The molecule has 2 saturated heterocycles. The standard InChI is InChI=1S/C14H24Br2O3/c15-11(13-5-1-3-7-18-13)9-17-10-12(16)14-6-2-4-8-19-14/h11-14H,1-10H2. The molecule has 2 aliphatic heterocycles. The van der Waals surface area contributed by atoms with Gasteiger partial charge in [-0.05, 0) is 38.5 Å². The van der Waals surface area contributed by atoms with Crippen LogP contribution in [0.3, 0.4) is 0 Å². The van der Waals surface area contributed by atoms with Crippen molar-refractivity contribution in [1.82, 2.24) is 0 Å². The summed E-state index contributed by atoms with van der Waals surface area (Å²) in [6.45, 7) is 3.20. The second-order valence-corrected chi connectivity index (χ2v) is 7.73. The summed E-state index contributed by atoms with van der Waals surface area (Å²) in [4.78, 5) is 0.611. The van der Waals surface area contributed by atoms with E-state index < -0.39 is 0 Å². The summed E-state index contributed by atoms with van der Waals surface area (Å²) in [5.74, 6) is 0. The van der Waals surface area contributed by atoms with E-state index in [0.29, 0.717) is 35.1 Å². The van der Waals surface area contributed by atoms with E-state index in [4.69, 9.17) is 14.2 Å². The molecule has 2 rings (SSSR count). The van der Waals surface area contributed by atoms with Crippen molar-refractivity contribution in [3.63, 3.8) is 0 Å². The van der Waals surface area contributed by atoms with E-state index in [0.717, 1.165) is 26.1 Å². The third-order valence-electron chi connectivity index (χ3n) is 3.79. The Labute approximate surface area is 133 Å². The van der Waals surface area contributed by atoms with Crippen LogP contribution >= 0.6 is 31.9 Å². The first-order valence-electron chi connectivity index (χ1n) is 7.36. The third-order valence-corrected chi connectivity index (χ3v) is 5.50. The van der Waals surface area contributed by atoms with Crippen LogP contribution in [0, 0.1) is 0 Å². The van der Waals surface area contributed by atoms with Crippen molar-refractivity contribution in [2.75, 3.05) is 26.4 Å². The van der Waals surface area contributed by atoms with Crippen LogP contribution in [0.25, 0.3) is 0 Å². The minimum atomic E-state index is 0.305. The highest BCUT2D eigenvalue weighted by Gasteiger charge is 2.25. The van der Waals surface area contributed by atoms with Gasteiger partial charge in [-0.15, -0.1) is 0 Å². The van der Waals surface area contributed by atoms with E-state index in [-0.39, 0.29) is 0 Å².